The van der Waals surface area contributed by atoms with Crippen LogP contribution in [-0.2, 0) is 4.79 Å². The topological polar surface area (TPSA) is 84.6 Å². The van der Waals surface area contributed by atoms with Crippen LogP contribution >= 0.6 is 0 Å². The van der Waals surface area contributed by atoms with Crippen LogP contribution in [0.4, 0.5) is 13.2 Å². The van der Waals surface area contributed by atoms with E-state index in [0.717, 1.165) is 7.11 Å². The van der Waals surface area contributed by atoms with Crippen molar-refractivity contribution in [2.75, 3.05) is 26.7 Å². The quantitative estimate of drug-likeness (QED) is 0.831. The van der Waals surface area contributed by atoms with Crippen LogP contribution in [0.25, 0.3) is 0 Å². The summed E-state index contributed by atoms with van der Waals surface area (Å²) >= 11 is 0. The molecule has 2 N–H and O–H groups in total. The van der Waals surface area contributed by atoms with Crippen molar-refractivity contribution in [2.45, 2.75) is 33.9 Å². The zero-order chi connectivity index (χ0) is 16.5. The first-order valence-corrected chi connectivity index (χ1v) is 5.49. The zero-order valence-electron chi connectivity index (χ0n) is 12.0. The van der Waals surface area contributed by atoms with Gasteiger partial charge in [-0.05, 0) is 19.6 Å². The molecule has 0 bridgehead atoms. The van der Waals surface area contributed by atoms with Gasteiger partial charge in [0.2, 0.25) is 0 Å². The molecular weight excluding hydrogens is 265 g/mol. The monoisotopic (exact) mass is 288 g/mol. The molecule has 8 heteroatoms. The summed E-state index contributed by atoms with van der Waals surface area (Å²) < 4.78 is 31.7. The molecule has 0 aliphatic rings. The van der Waals surface area contributed by atoms with E-state index in [0.29, 0.717) is 0 Å². The Morgan fingerprint density at radius 1 is 1.16 bits per heavy atom. The minimum atomic E-state index is -5.08. The van der Waals surface area contributed by atoms with Crippen molar-refractivity contribution in [3.63, 3.8) is 0 Å². The Morgan fingerprint density at radius 2 is 1.32 bits per heavy atom. The summed E-state index contributed by atoms with van der Waals surface area (Å²) in [5.74, 6) is -2.76. The number of hydrogen-bond acceptors (Lipinski definition) is 4. The maximum Gasteiger partial charge on any atom is 0.490 e. The molecule has 0 unspecified atom stereocenters. The summed E-state index contributed by atoms with van der Waals surface area (Å²) in [4.78, 5) is 11.3. The van der Waals surface area contributed by atoms with E-state index in [2.05, 4.69) is 25.7 Å². The molecule has 0 saturated heterocycles. The first kappa shape index (κ1) is 26.3. The minimum absolute atomic E-state index is 1.00. The van der Waals surface area contributed by atoms with Crippen molar-refractivity contribution in [3.8, 4) is 6.07 Å². The van der Waals surface area contributed by atoms with Gasteiger partial charge in [0.1, 0.15) is 0 Å². The van der Waals surface area contributed by atoms with E-state index in [-0.39, 0.29) is 0 Å². The lowest BCUT2D eigenvalue weighted by Gasteiger charge is -2.13. The normalized spacial score (nSPS) is 8.68. The van der Waals surface area contributed by atoms with Gasteiger partial charge in [0, 0.05) is 14.0 Å². The highest BCUT2D eigenvalue weighted by atomic mass is 19.4. The summed E-state index contributed by atoms with van der Waals surface area (Å²) in [6, 6.07) is 1.75. The Kier molecular flexibility index (Phi) is 26.3. The zero-order valence-corrected chi connectivity index (χ0v) is 12.0. The van der Waals surface area contributed by atoms with Gasteiger partial charge in [-0.15, -0.1) is 0 Å². The lowest BCUT2D eigenvalue weighted by atomic mass is 10.5. The number of rotatable bonds is 3. The smallest absolute Gasteiger partial charge is 0.475 e. The van der Waals surface area contributed by atoms with Gasteiger partial charge in [0.25, 0.3) is 0 Å². The molecule has 0 rings (SSSR count). The van der Waals surface area contributed by atoms with Crippen molar-refractivity contribution in [3.05, 3.63) is 0 Å². The van der Waals surface area contributed by atoms with Crippen LogP contribution in [0, 0.1) is 11.3 Å². The number of halogens is 3. The molecule has 0 aromatic heterocycles. The maximum absolute atomic E-state index is 10.6. The van der Waals surface area contributed by atoms with Crippen LogP contribution < -0.4 is 0 Å². The lowest BCUT2D eigenvalue weighted by molar-refractivity contribution is -0.192. The number of carboxylic acids is 1. The van der Waals surface area contributed by atoms with Gasteiger partial charge in [-0.2, -0.15) is 18.4 Å². The van der Waals surface area contributed by atoms with Gasteiger partial charge in [-0.3, -0.25) is 0 Å². The van der Waals surface area contributed by atoms with E-state index in [9.17, 15) is 13.2 Å². The first-order valence-electron chi connectivity index (χ1n) is 5.49. The maximum atomic E-state index is 10.6. The fourth-order valence-corrected chi connectivity index (χ4v) is 0.671. The standard InChI is InChI=1S/C6H15N.C2HF3O2.C2H3N.CH4O/c1-4-7(5-2)6-3;3-2(4,5)1(6)7;1-2-3;1-2/h4-6H2,1-3H3;(H,6,7);1H3;2H,1H3. The van der Waals surface area contributed by atoms with Gasteiger partial charge >= 0.3 is 12.1 Å². The average Bonchev–Trinajstić information content (AvgIpc) is 2.34. The number of nitriles is 1. The molecular formula is C11H23F3N2O3. The number of aliphatic hydroxyl groups is 1. The SMILES string of the molecule is CC#N.CCN(CC)CC.CO.O=C(O)C(F)(F)F. The van der Waals surface area contributed by atoms with Crippen LogP contribution in [0.2, 0.25) is 0 Å². The van der Waals surface area contributed by atoms with Crippen LogP contribution in [0.5, 0.6) is 0 Å². The molecule has 19 heavy (non-hydrogen) atoms. The third kappa shape index (κ3) is 31.5. The highest BCUT2D eigenvalue weighted by Crippen LogP contribution is 2.13. The predicted molar refractivity (Wildman–Crippen MR) is 66.6 cm³/mol. The number of aliphatic carboxylic acids is 1. The molecule has 0 fully saturated rings. The Morgan fingerprint density at radius 3 is 1.32 bits per heavy atom. The Bertz CT molecular complexity index is 219. The Labute approximate surface area is 112 Å². The van der Waals surface area contributed by atoms with E-state index in [1.165, 1.54) is 26.6 Å². The number of carbonyl (C=O) groups is 1. The molecule has 0 saturated carbocycles. The van der Waals surface area contributed by atoms with Crippen molar-refractivity contribution >= 4 is 5.97 Å². The molecule has 0 spiro atoms. The van der Waals surface area contributed by atoms with Gasteiger partial charge in [-0.1, -0.05) is 20.8 Å². The molecule has 0 amide bonds. The van der Waals surface area contributed by atoms with Gasteiger partial charge < -0.3 is 15.1 Å². The van der Waals surface area contributed by atoms with Crippen LogP contribution in [0.15, 0.2) is 0 Å². The average molecular weight is 288 g/mol. The minimum Gasteiger partial charge on any atom is -0.475 e. The number of hydrogen-bond donors (Lipinski definition) is 2. The van der Waals surface area contributed by atoms with Crippen molar-refractivity contribution in [1.82, 2.24) is 4.90 Å². The van der Waals surface area contributed by atoms with Gasteiger partial charge in [-0.25, -0.2) is 4.79 Å². The first-order chi connectivity index (χ1) is 8.70. The highest BCUT2D eigenvalue weighted by Gasteiger charge is 2.38. The summed E-state index contributed by atoms with van der Waals surface area (Å²) in [6.45, 7) is 11.6. The fraction of sp³-hybridized carbons (Fsp3) is 0.818. The molecule has 116 valence electrons. The second-order valence-corrected chi connectivity index (χ2v) is 2.65. The molecule has 5 nitrogen and oxygen atoms in total. The van der Waals surface area contributed by atoms with Crippen LogP contribution in [0.1, 0.15) is 27.7 Å². The van der Waals surface area contributed by atoms with E-state index >= 15 is 0 Å². The molecule has 0 aromatic rings. The summed E-state index contributed by atoms with van der Waals surface area (Å²) in [7, 11) is 1.00. The second-order valence-electron chi connectivity index (χ2n) is 2.65. The second kappa shape index (κ2) is 19.0. The number of aliphatic hydroxyl groups excluding tert-OH is 1. The summed E-state index contributed by atoms with van der Waals surface area (Å²) in [5.41, 5.74) is 0. The number of carboxylic acid groups (broad SMARTS) is 1. The number of alkyl halides is 3. The van der Waals surface area contributed by atoms with Crippen LogP contribution in [0.3, 0.4) is 0 Å². The Hall–Kier alpha value is -1.33. The number of nitrogens with zero attached hydrogens (tertiary/aromatic N) is 2. The van der Waals surface area contributed by atoms with E-state index in [1.54, 1.807) is 6.07 Å². The molecule has 0 aromatic carbocycles. The fourth-order valence-electron chi connectivity index (χ4n) is 0.671. The predicted octanol–water partition coefficient (Wildman–Crippen LogP) is 2.12. The third-order valence-electron chi connectivity index (χ3n) is 1.58. The molecule has 0 radical (unpaired) electrons. The van der Waals surface area contributed by atoms with Gasteiger partial charge in [0.15, 0.2) is 0 Å². The lowest BCUT2D eigenvalue weighted by Crippen LogP contribution is -2.21. The van der Waals surface area contributed by atoms with Gasteiger partial charge in [0.05, 0.1) is 6.07 Å². The molecule has 0 heterocycles. The summed E-state index contributed by atoms with van der Waals surface area (Å²) in [5, 5.41) is 21.4. The largest absolute Gasteiger partial charge is 0.490 e. The molecule has 0 aliphatic carbocycles. The Balaban J connectivity index is -0.0000000888. The van der Waals surface area contributed by atoms with E-state index < -0.39 is 12.1 Å². The van der Waals surface area contributed by atoms with Crippen molar-refractivity contribution in [2.24, 2.45) is 0 Å². The summed E-state index contributed by atoms with van der Waals surface area (Å²) in [6.07, 6.45) is -5.08. The highest BCUT2D eigenvalue weighted by molar-refractivity contribution is 5.73. The van der Waals surface area contributed by atoms with Crippen molar-refractivity contribution < 1.29 is 28.2 Å². The molecule has 0 aliphatic heterocycles. The van der Waals surface area contributed by atoms with E-state index in [4.69, 9.17) is 20.3 Å². The molecule has 0 atom stereocenters. The third-order valence-corrected chi connectivity index (χ3v) is 1.58. The van der Waals surface area contributed by atoms with Crippen LogP contribution in [-0.4, -0.2) is 54.0 Å². The van der Waals surface area contributed by atoms with E-state index in [1.807, 2.05) is 0 Å². The van der Waals surface area contributed by atoms with Crippen molar-refractivity contribution in [1.29, 1.82) is 5.26 Å².